The van der Waals surface area contributed by atoms with Gasteiger partial charge in [-0.1, -0.05) is 36.4 Å². The van der Waals surface area contributed by atoms with E-state index in [-0.39, 0.29) is 12.5 Å². The lowest BCUT2D eigenvalue weighted by Crippen LogP contribution is -2.28. The summed E-state index contributed by atoms with van der Waals surface area (Å²) in [5.41, 5.74) is 2.22. The Labute approximate surface area is 136 Å². The van der Waals surface area contributed by atoms with Gasteiger partial charge < -0.3 is 15.3 Å². The molecule has 0 aliphatic rings. The molecule has 5 nitrogen and oxygen atoms in total. The van der Waals surface area contributed by atoms with Crippen LogP contribution < -0.4 is 10.2 Å². The molecule has 0 fully saturated rings. The lowest BCUT2D eigenvalue weighted by atomic mass is 10.2. The lowest BCUT2D eigenvalue weighted by molar-refractivity contribution is 0.0946. The van der Waals surface area contributed by atoms with Gasteiger partial charge in [0.2, 0.25) is 0 Å². The molecule has 0 saturated heterocycles. The fourth-order valence-corrected chi connectivity index (χ4v) is 2.21. The highest BCUT2D eigenvalue weighted by atomic mass is 16.3. The molecule has 1 aromatic carbocycles. The number of hydrogen-bond acceptors (Lipinski definition) is 4. The number of amides is 1. The third-order valence-electron chi connectivity index (χ3n) is 3.36. The summed E-state index contributed by atoms with van der Waals surface area (Å²) in [6.45, 7) is 5.27. The number of anilines is 1. The second-order valence-corrected chi connectivity index (χ2v) is 5.03. The molecule has 1 heterocycles. The standard InChI is InChI=1S/C18H21N3O2/c1-2-10-21(11-12-22)16-8-9-19-17(13-16)18(23)20-14-15-6-4-3-5-7-15/h2-9,13,22H,1,10-12,14H2,(H,20,23). The van der Waals surface area contributed by atoms with Gasteiger partial charge in [0.1, 0.15) is 5.69 Å². The smallest absolute Gasteiger partial charge is 0.270 e. The van der Waals surface area contributed by atoms with Crippen LogP contribution in [0.15, 0.2) is 61.3 Å². The molecule has 0 saturated carbocycles. The quantitative estimate of drug-likeness (QED) is 0.732. The predicted molar refractivity (Wildman–Crippen MR) is 91.3 cm³/mol. The molecule has 0 unspecified atom stereocenters. The molecule has 0 bridgehead atoms. The zero-order chi connectivity index (χ0) is 16.5. The van der Waals surface area contributed by atoms with Crippen molar-refractivity contribution in [2.45, 2.75) is 6.54 Å². The Morgan fingerprint density at radius 3 is 2.78 bits per heavy atom. The summed E-state index contributed by atoms with van der Waals surface area (Å²) < 4.78 is 0. The average Bonchev–Trinajstić information content (AvgIpc) is 2.60. The van der Waals surface area contributed by atoms with E-state index in [2.05, 4.69) is 16.9 Å². The van der Waals surface area contributed by atoms with E-state index in [1.165, 1.54) is 0 Å². The highest BCUT2D eigenvalue weighted by Gasteiger charge is 2.11. The third-order valence-corrected chi connectivity index (χ3v) is 3.36. The number of aromatic nitrogens is 1. The Kier molecular flexibility index (Phi) is 6.32. The van der Waals surface area contributed by atoms with Gasteiger partial charge in [0.05, 0.1) is 6.61 Å². The van der Waals surface area contributed by atoms with Crippen LogP contribution in [0.1, 0.15) is 16.1 Å². The van der Waals surface area contributed by atoms with E-state index in [0.717, 1.165) is 11.3 Å². The van der Waals surface area contributed by atoms with E-state index in [9.17, 15) is 4.79 Å². The highest BCUT2D eigenvalue weighted by molar-refractivity contribution is 5.93. The molecule has 1 amide bonds. The van der Waals surface area contributed by atoms with E-state index in [0.29, 0.717) is 25.3 Å². The summed E-state index contributed by atoms with van der Waals surface area (Å²) in [6.07, 6.45) is 3.35. The molecule has 23 heavy (non-hydrogen) atoms. The van der Waals surface area contributed by atoms with E-state index in [1.807, 2.05) is 41.3 Å². The van der Waals surface area contributed by atoms with Crippen molar-refractivity contribution in [2.24, 2.45) is 0 Å². The molecule has 0 aliphatic heterocycles. The summed E-state index contributed by atoms with van der Waals surface area (Å²) in [6, 6.07) is 13.2. The lowest BCUT2D eigenvalue weighted by Gasteiger charge is -2.22. The second kappa shape index (κ2) is 8.70. The number of nitrogens with zero attached hydrogens (tertiary/aromatic N) is 2. The van der Waals surface area contributed by atoms with Crippen LogP contribution >= 0.6 is 0 Å². The van der Waals surface area contributed by atoms with Crippen molar-refractivity contribution in [2.75, 3.05) is 24.6 Å². The number of aliphatic hydroxyl groups is 1. The molecule has 2 N–H and O–H groups in total. The molecule has 2 aromatic rings. The van der Waals surface area contributed by atoms with Crippen LogP contribution in [0.2, 0.25) is 0 Å². The first-order valence-corrected chi connectivity index (χ1v) is 7.49. The van der Waals surface area contributed by atoms with E-state index in [4.69, 9.17) is 5.11 Å². The summed E-state index contributed by atoms with van der Waals surface area (Å²) >= 11 is 0. The van der Waals surface area contributed by atoms with Crippen molar-refractivity contribution in [3.63, 3.8) is 0 Å². The van der Waals surface area contributed by atoms with Crippen LogP contribution in [0.25, 0.3) is 0 Å². The van der Waals surface area contributed by atoms with Crippen molar-refractivity contribution in [3.8, 4) is 0 Å². The van der Waals surface area contributed by atoms with Gasteiger partial charge >= 0.3 is 0 Å². The fourth-order valence-electron chi connectivity index (χ4n) is 2.21. The third kappa shape index (κ3) is 4.93. The van der Waals surface area contributed by atoms with Gasteiger partial charge in [-0.3, -0.25) is 9.78 Å². The monoisotopic (exact) mass is 311 g/mol. The minimum Gasteiger partial charge on any atom is -0.395 e. The number of rotatable bonds is 8. The fraction of sp³-hybridized carbons (Fsp3) is 0.222. The molecule has 0 spiro atoms. The Bertz CT molecular complexity index is 644. The summed E-state index contributed by atoms with van der Waals surface area (Å²) in [7, 11) is 0. The van der Waals surface area contributed by atoms with Crippen LogP contribution in [0.4, 0.5) is 5.69 Å². The topological polar surface area (TPSA) is 65.5 Å². The molecule has 2 rings (SSSR count). The number of pyridine rings is 1. The Morgan fingerprint density at radius 1 is 1.30 bits per heavy atom. The summed E-state index contributed by atoms with van der Waals surface area (Å²) in [5.74, 6) is -0.224. The molecule has 0 aliphatic carbocycles. The van der Waals surface area contributed by atoms with Crippen LogP contribution in [0, 0.1) is 0 Å². The van der Waals surface area contributed by atoms with Gasteiger partial charge in [-0.25, -0.2) is 0 Å². The molecular formula is C18H21N3O2. The SMILES string of the molecule is C=CCN(CCO)c1ccnc(C(=O)NCc2ccccc2)c1. The maximum absolute atomic E-state index is 12.2. The largest absolute Gasteiger partial charge is 0.395 e. The van der Waals surface area contributed by atoms with Gasteiger partial charge in [0.25, 0.3) is 5.91 Å². The van der Waals surface area contributed by atoms with Gasteiger partial charge in [-0.15, -0.1) is 6.58 Å². The maximum atomic E-state index is 12.2. The van der Waals surface area contributed by atoms with Gasteiger partial charge in [-0.05, 0) is 17.7 Å². The van der Waals surface area contributed by atoms with Crippen LogP contribution in [-0.2, 0) is 6.54 Å². The first kappa shape index (κ1) is 16.7. The zero-order valence-corrected chi connectivity index (χ0v) is 13.0. The predicted octanol–water partition coefficient (Wildman–Crippen LogP) is 2.00. The number of aliphatic hydroxyl groups excluding tert-OH is 1. The number of hydrogen-bond donors (Lipinski definition) is 2. The van der Waals surface area contributed by atoms with Crippen LogP contribution in [-0.4, -0.2) is 35.7 Å². The van der Waals surface area contributed by atoms with Gasteiger partial charge in [0.15, 0.2) is 0 Å². The van der Waals surface area contributed by atoms with Crippen molar-refractivity contribution >= 4 is 11.6 Å². The minimum absolute atomic E-state index is 0.0334. The number of benzene rings is 1. The normalized spacial score (nSPS) is 10.1. The Hall–Kier alpha value is -2.66. The molecule has 0 radical (unpaired) electrons. The van der Waals surface area contributed by atoms with Crippen molar-refractivity contribution in [3.05, 3.63) is 72.6 Å². The Morgan fingerprint density at radius 2 is 2.09 bits per heavy atom. The van der Waals surface area contributed by atoms with Crippen molar-refractivity contribution in [1.82, 2.24) is 10.3 Å². The van der Waals surface area contributed by atoms with Crippen molar-refractivity contribution in [1.29, 1.82) is 0 Å². The number of nitrogens with one attached hydrogen (secondary N) is 1. The van der Waals surface area contributed by atoms with Crippen molar-refractivity contribution < 1.29 is 9.90 Å². The van der Waals surface area contributed by atoms with Gasteiger partial charge in [-0.2, -0.15) is 0 Å². The molecule has 1 aromatic heterocycles. The zero-order valence-electron chi connectivity index (χ0n) is 13.0. The highest BCUT2D eigenvalue weighted by Crippen LogP contribution is 2.14. The summed E-state index contributed by atoms with van der Waals surface area (Å²) in [4.78, 5) is 18.3. The van der Waals surface area contributed by atoms with E-state index >= 15 is 0 Å². The first-order chi connectivity index (χ1) is 11.2. The molecular weight excluding hydrogens is 290 g/mol. The Balaban J connectivity index is 2.05. The number of carbonyl (C=O) groups excluding carboxylic acids is 1. The number of carbonyl (C=O) groups is 1. The molecule has 0 atom stereocenters. The summed E-state index contributed by atoms with van der Waals surface area (Å²) in [5, 5.41) is 12.0. The van der Waals surface area contributed by atoms with E-state index < -0.39 is 0 Å². The average molecular weight is 311 g/mol. The minimum atomic E-state index is -0.224. The maximum Gasteiger partial charge on any atom is 0.270 e. The van der Waals surface area contributed by atoms with Crippen LogP contribution in [0.5, 0.6) is 0 Å². The second-order valence-electron chi connectivity index (χ2n) is 5.03. The molecule has 5 heteroatoms. The van der Waals surface area contributed by atoms with E-state index in [1.54, 1.807) is 18.3 Å². The molecule has 120 valence electrons. The van der Waals surface area contributed by atoms with Gasteiger partial charge in [0, 0.05) is 31.5 Å². The first-order valence-electron chi connectivity index (χ1n) is 7.49. The van der Waals surface area contributed by atoms with Crippen LogP contribution in [0.3, 0.4) is 0 Å².